The highest BCUT2D eigenvalue weighted by Gasteiger charge is 2.38. The van der Waals surface area contributed by atoms with Gasteiger partial charge in [-0.15, -0.1) is 0 Å². The number of halogens is 4. The Morgan fingerprint density at radius 3 is 1.75 bits per heavy atom. The van der Waals surface area contributed by atoms with E-state index in [1.54, 1.807) is 21.9 Å². The minimum absolute atomic E-state index is 0.0282. The van der Waals surface area contributed by atoms with Crippen LogP contribution in [0.15, 0.2) is 78.9 Å². The molecule has 250 valence electrons. The zero-order chi connectivity index (χ0) is 33.9. The van der Waals surface area contributed by atoms with Crippen LogP contribution in [0, 0.1) is 37.8 Å². The number of rotatable bonds is 10. The lowest BCUT2D eigenvalue weighted by atomic mass is 9.90. The molecule has 4 aromatic rings. The maximum atomic E-state index is 16.0. The third-order valence-corrected chi connectivity index (χ3v) is 10.3. The van der Waals surface area contributed by atoms with Gasteiger partial charge >= 0.3 is 0 Å². The number of piperidine rings is 1. The molecule has 0 bridgehead atoms. The van der Waals surface area contributed by atoms with Crippen LogP contribution in [-0.4, -0.2) is 22.9 Å². The summed E-state index contributed by atoms with van der Waals surface area (Å²) in [7, 11) is 0. The molecule has 0 N–H and O–H groups in total. The monoisotopic (exact) mass is 694 g/mol. The van der Waals surface area contributed by atoms with Gasteiger partial charge in [0.05, 0.1) is 21.9 Å². The Morgan fingerprint density at radius 2 is 1.25 bits per heavy atom. The number of hydrogen-bond acceptors (Lipinski definition) is 6. The van der Waals surface area contributed by atoms with Gasteiger partial charge < -0.3 is 9.80 Å². The van der Waals surface area contributed by atoms with Crippen molar-refractivity contribution in [1.82, 2.24) is 0 Å². The molecule has 0 amide bonds. The van der Waals surface area contributed by atoms with Crippen LogP contribution in [0.1, 0.15) is 67.3 Å². The summed E-state index contributed by atoms with van der Waals surface area (Å²) >= 11 is 12.2. The predicted octanol–water partition coefficient (Wildman–Crippen LogP) is 10.4. The van der Waals surface area contributed by atoms with Crippen LogP contribution >= 0.6 is 23.2 Å². The molecule has 12 heteroatoms. The molecule has 4 aromatic carbocycles. The number of hydrogen-bond donors (Lipinski definition) is 0. The Bertz CT molecular complexity index is 1730. The molecule has 0 radical (unpaired) electrons. The molecule has 2 aliphatic rings. The molecule has 0 aromatic heterocycles. The smallest absolute Gasteiger partial charge is 0.288 e. The van der Waals surface area contributed by atoms with Gasteiger partial charge in [0.15, 0.2) is 11.6 Å². The summed E-state index contributed by atoms with van der Waals surface area (Å²) in [6, 6.07) is 20.8. The minimum atomic E-state index is -0.707. The second-order valence-electron chi connectivity index (χ2n) is 12.5. The number of nitrogens with zero attached hydrogens (tertiary/aromatic N) is 4. The summed E-state index contributed by atoms with van der Waals surface area (Å²) in [5, 5.41) is 23.3. The SMILES string of the molecule is O=[N+]([O-])c1cc([C@H]2CC[C@H](c3ccc(Cl)c([N+](=O)[O-])c3)N2c2cc(F)c(N3CCC(CCCc4ccccc4)CC3)c(F)c2)ccc1Cl. The normalized spacial score (nSPS) is 18.3. The molecule has 2 saturated heterocycles. The molecule has 0 unspecified atom stereocenters. The van der Waals surface area contributed by atoms with Crippen molar-refractivity contribution in [2.24, 2.45) is 5.92 Å². The largest absolute Gasteiger partial charge is 0.367 e. The third kappa shape index (κ3) is 7.10. The molecule has 6 rings (SSSR count). The molecule has 2 atom stereocenters. The van der Waals surface area contributed by atoms with Crippen molar-refractivity contribution in [3.63, 3.8) is 0 Å². The maximum absolute atomic E-state index is 16.0. The quantitative estimate of drug-likeness (QED) is 0.121. The third-order valence-electron chi connectivity index (χ3n) is 9.64. The number of anilines is 2. The second-order valence-corrected chi connectivity index (χ2v) is 13.3. The molecular weight excluding hydrogens is 661 g/mol. The van der Waals surface area contributed by atoms with Crippen LogP contribution in [0.3, 0.4) is 0 Å². The average molecular weight is 696 g/mol. The fourth-order valence-electron chi connectivity index (χ4n) is 7.27. The van der Waals surface area contributed by atoms with E-state index in [0.717, 1.165) is 32.1 Å². The van der Waals surface area contributed by atoms with Crippen LogP contribution in [-0.2, 0) is 6.42 Å². The van der Waals surface area contributed by atoms with E-state index >= 15 is 8.78 Å². The highest BCUT2D eigenvalue weighted by molar-refractivity contribution is 6.33. The summed E-state index contributed by atoms with van der Waals surface area (Å²) in [5.74, 6) is -0.921. The average Bonchev–Trinajstić information content (AvgIpc) is 3.51. The van der Waals surface area contributed by atoms with Crippen molar-refractivity contribution in [1.29, 1.82) is 0 Å². The van der Waals surface area contributed by atoms with Crippen molar-refractivity contribution in [2.75, 3.05) is 22.9 Å². The Labute approximate surface area is 287 Å². The Kier molecular flexibility index (Phi) is 10.1. The van der Waals surface area contributed by atoms with Gasteiger partial charge in [-0.1, -0.05) is 65.7 Å². The molecule has 0 aliphatic carbocycles. The van der Waals surface area contributed by atoms with Gasteiger partial charge in [-0.25, -0.2) is 8.78 Å². The number of nitro benzene ring substituents is 2. The lowest BCUT2D eigenvalue weighted by Crippen LogP contribution is -2.35. The fraction of sp³-hybridized carbons (Fsp3) is 0.333. The first-order valence-electron chi connectivity index (χ1n) is 16.0. The standard InChI is InChI=1S/C36H34Cl2F2N4O4/c37-28-11-9-25(19-34(28)43(45)46)32-13-14-33(26-10-12-29(38)35(20-26)44(47)48)42(32)27-21-30(39)36(31(40)22-27)41-17-15-24(16-18-41)8-4-7-23-5-2-1-3-6-23/h1-3,5-6,9-12,19-22,24,32-33H,4,7-8,13-18H2/t32-,33-/m1/s1. The van der Waals surface area contributed by atoms with Gasteiger partial charge in [-0.05, 0) is 91.8 Å². The topological polar surface area (TPSA) is 92.8 Å². The summed E-state index contributed by atoms with van der Waals surface area (Å²) < 4.78 is 32.0. The van der Waals surface area contributed by atoms with E-state index < -0.39 is 33.6 Å². The highest BCUT2D eigenvalue weighted by Crippen LogP contribution is 2.49. The minimum Gasteiger partial charge on any atom is -0.367 e. The Balaban J connectivity index is 1.27. The van der Waals surface area contributed by atoms with Gasteiger partial charge in [0.1, 0.15) is 15.7 Å². The van der Waals surface area contributed by atoms with Crippen molar-refractivity contribution in [3.8, 4) is 0 Å². The van der Waals surface area contributed by atoms with Crippen molar-refractivity contribution >= 4 is 46.0 Å². The molecular formula is C36H34Cl2F2N4O4. The van der Waals surface area contributed by atoms with E-state index in [-0.39, 0.29) is 32.8 Å². The number of aryl methyl sites for hydroxylation is 1. The van der Waals surface area contributed by atoms with Crippen molar-refractivity contribution in [2.45, 2.75) is 57.0 Å². The first-order chi connectivity index (χ1) is 23.1. The van der Waals surface area contributed by atoms with Gasteiger partial charge in [-0.2, -0.15) is 0 Å². The zero-order valence-electron chi connectivity index (χ0n) is 26.0. The lowest BCUT2D eigenvalue weighted by molar-refractivity contribution is -0.384. The molecule has 2 aliphatic heterocycles. The fourth-order valence-corrected chi connectivity index (χ4v) is 7.64. The predicted molar refractivity (Wildman–Crippen MR) is 184 cm³/mol. The van der Waals surface area contributed by atoms with E-state index in [1.807, 2.05) is 18.2 Å². The van der Waals surface area contributed by atoms with Gasteiger partial charge in [0, 0.05) is 30.9 Å². The molecule has 0 spiro atoms. The van der Waals surface area contributed by atoms with Crippen molar-refractivity contribution < 1.29 is 18.6 Å². The van der Waals surface area contributed by atoms with Crippen LogP contribution < -0.4 is 9.80 Å². The molecule has 2 fully saturated rings. The summed E-state index contributed by atoms with van der Waals surface area (Å²) in [6.07, 6.45) is 5.75. The molecule has 0 saturated carbocycles. The van der Waals surface area contributed by atoms with Crippen LogP contribution in [0.4, 0.5) is 31.5 Å². The van der Waals surface area contributed by atoms with Crippen molar-refractivity contribution in [3.05, 3.63) is 137 Å². The highest BCUT2D eigenvalue weighted by atomic mass is 35.5. The van der Waals surface area contributed by atoms with E-state index in [1.165, 1.54) is 42.0 Å². The lowest BCUT2D eigenvalue weighted by Gasteiger charge is -2.36. The van der Waals surface area contributed by atoms with Crippen LogP contribution in [0.5, 0.6) is 0 Å². The van der Waals surface area contributed by atoms with Crippen LogP contribution in [0.25, 0.3) is 0 Å². The van der Waals surface area contributed by atoms with E-state index in [4.69, 9.17) is 23.2 Å². The molecule has 2 heterocycles. The number of benzene rings is 4. The second kappa shape index (κ2) is 14.5. The van der Waals surface area contributed by atoms with Crippen LogP contribution in [0.2, 0.25) is 10.0 Å². The Hall–Kier alpha value is -4.28. The van der Waals surface area contributed by atoms with E-state index in [0.29, 0.717) is 43.0 Å². The summed E-state index contributed by atoms with van der Waals surface area (Å²) in [5.41, 5.74) is 1.98. The van der Waals surface area contributed by atoms with E-state index in [2.05, 4.69) is 12.1 Å². The van der Waals surface area contributed by atoms with Gasteiger partial charge in [-0.3, -0.25) is 20.2 Å². The van der Waals surface area contributed by atoms with E-state index in [9.17, 15) is 20.2 Å². The summed E-state index contributed by atoms with van der Waals surface area (Å²) in [6.45, 7) is 1.09. The van der Waals surface area contributed by atoms with Gasteiger partial charge in [0.2, 0.25) is 0 Å². The van der Waals surface area contributed by atoms with Gasteiger partial charge in [0.25, 0.3) is 11.4 Å². The molecule has 8 nitrogen and oxygen atoms in total. The first-order valence-corrected chi connectivity index (χ1v) is 16.8. The number of nitro groups is 2. The first kappa shape index (κ1) is 33.6. The maximum Gasteiger partial charge on any atom is 0.288 e. The summed E-state index contributed by atoms with van der Waals surface area (Å²) in [4.78, 5) is 25.8. The zero-order valence-corrected chi connectivity index (χ0v) is 27.5. The Morgan fingerprint density at radius 1 is 0.729 bits per heavy atom. The molecule has 48 heavy (non-hydrogen) atoms.